The number of carbonyl (C=O) groups is 1. The van der Waals surface area contributed by atoms with Crippen LogP contribution in [-0.2, 0) is 9.53 Å². The Kier molecular flexibility index (Phi) is 4.43. The highest BCUT2D eigenvalue weighted by Gasteiger charge is 2.26. The zero-order chi connectivity index (χ0) is 9.68. The van der Waals surface area contributed by atoms with Gasteiger partial charge in [0.2, 0.25) is 0 Å². The average Bonchev–Trinajstić information content (AvgIpc) is 2.15. The van der Waals surface area contributed by atoms with Gasteiger partial charge in [-0.2, -0.15) is 0 Å². The molecule has 0 N–H and O–H groups in total. The molecule has 1 rings (SSSR count). The fraction of sp³-hybridized carbons (Fsp3) is 0.909. The molecule has 0 amide bonds. The van der Waals surface area contributed by atoms with Crippen LogP contribution in [0, 0.1) is 11.8 Å². The summed E-state index contributed by atoms with van der Waals surface area (Å²) in [6.07, 6.45) is 5.26. The van der Waals surface area contributed by atoms with Gasteiger partial charge in [0.15, 0.2) is 0 Å². The van der Waals surface area contributed by atoms with Crippen molar-refractivity contribution in [1.29, 1.82) is 0 Å². The van der Waals surface area contributed by atoms with Gasteiger partial charge in [-0.1, -0.05) is 13.3 Å². The first-order valence-electron chi connectivity index (χ1n) is 5.27. The Morgan fingerprint density at radius 2 is 2.31 bits per heavy atom. The molecule has 1 fully saturated rings. The third kappa shape index (κ3) is 3.11. The van der Waals surface area contributed by atoms with Gasteiger partial charge >= 0.3 is 0 Å². The lowest BCUT2D eigenvalue weighted by Crippen LogP contribution is -2.26. The van der Waals surface area contributed by atoms with E-state index in [2.05, 4.69) is 6.92 Å². The standard InChI is InChI=1S/C11H20O2/c1-9(7-8-13-2)10-5-3-4-6-11(10)12/h9-10H,3-8H2,1-2H3. The minimum atomic E-state index is 0.323. The molecular formula is C11H20O2. The van der Waals surface area contributed by atoms with Crippen LogP contribution in [0.15, 0.2) is 0 Å². The number of Topliss-reactive ketones (excluding diaryl/α,β-unsaturated/α-hetero) is 1. The van der Waals surface area contributed by atoms with Crippen molar-refractivity contribution in [3.05, 3.63) is 0 Å². The molecule has 1 aliphatic rings. The molecule has 2 heteroatoms. The Labute approximate surface area is 80.7 Å². The monoisotopic (exact) mass is 184 g/mol. The molecular weight excluding hydrogens is 164 g/mol. The number of ketones is 1. The lowest BCUT2D eigenvalue weighted by molar-refractivity contribution is -0.126. The van der Waals surface area contributed by atoms with Crippen molar-refractivity contribution in [2.24, 2.45) is 11.8 Å². The highest BCUT2D eigenvalue weighted by atomic mass is 16.5. The van der Waals surface area contributed by atoms with Crippen LogP contribution in [-0.4, -0.2) is 19.5 Å². The average molecular weight is 184 g/mol. The van der Waals surface area contributed by atoms with Gasteiger partial charge in [-0.15, -0.1) is 0 Å². The van der Waals surface area contributed by atoms with Crippen LogP contribution in [0.1, 0.15) is 39.0 Å². The summed E-state index contributed by atoms with van der Waals surface area (Å²) in [6, 6.07) is 0. The lowest BCUT2D eigenvalue weighted by atomic mass is 9.79. The molecule has 0 aromatic carbocycles. The maximum Gasteiger partial charge on any atom is 0.136 e. The molecule has 0 aliphatic heterocycles. The van der Waals surface area contributed by atoms with Crippen molar-refractivity contribution in [3.8, 4) is 0 Å². The SMILES string of the molecule is COCCC(C)C1CCCCC1=O. The van der Waals surface area contributed by atoms with Crippen LogP contribution >= 0.6 is 0 Å². The minimum Gasteiger partial charge on any atom is -0.385 e. The van der Waals surface area contributed by atoms with E-state index >= 15 is 0 Å². The first kappa shape index (κ1) is 10.7. The number of hydrogen-bond acceptors (Lipinski definition) is 2. The van der Waals surface area contributed by atoms with Gasteiger partial charge in [0.1, 0.15) is 5.78 Å². The molecule has 1 saturated carbocycles. The molecule has 0 heterocycles. The third-order valence-corrected chi connectivity index (χ3v) is 3.07. The van der Waals surface area contributed by atoms with E-state index in [1.54, 1.807) is 7.11 Å². The predicted molar refractivity (Wildman–Crippen MR) is 52.6 cm³/mol. The molecule has 2 atom stereocenters. The molecule has 2 unspecified atom stereocenters. The quantitative estimate of drug-likeness (QED) is 0.670. The Balaban J connectivity index is 2.34. The van der Waals surface area contributed by atoms with Crippen molar-refractivity contribution >= 4 is 5.78 Å². The first-order valence-corrected chi connectivity index (χ1v) is 5.27. The summed E-state index contributed by atoms with van der Waals surface area (Å²) in [7, 11) is 1.72. The molecule has 0 bridgehead atoms. The third-order valence-electron chi connectivity index (χ3n) is 3.07. The first-order chi connectivity index (χ1) is 6.25. The van der Waals surface area contributed by atoms with Crippen LogP contribution in [0.5, 0.6) is 0 Å². The Bertz CT molecular complexity index is 165. The zero-order valence-corrected chi connectivity index (χ0v) is 8.71. The van der Waals surface area contributed by atoms with Crippen molar-refractivity contribution in [2.45, 2.75) is 39.0 Å². The Morgan fingerprint density at radius 1 is 1.54 bits per heavy atom. The molecule has 0 saturated heterocycles. The topological polar surface area (TPSA) is 26.3 Å². The Morgan fingerprint density at radius 3 is 2.92 bits per heavy atom. The fourth-order valence-corrected chi connectivity index (χ4v) is 2.12. The van der Waals surface area contributed by atoms with Gasteiger partial charge in [0, 0.05) is 26.1 Å². The van der Waals surface area contributed by atoms with Gasteiger partial charge in [0.25, 0.3) is 0 Å². The summed E-state index contributed by atoms with van der Waals surface area (Å²) in [4.78, 5) is 11.6. The maximum absolute atomic E-state index is 11.6. The van der Waals surface area contributed by atoms with E-state index in [1.807, 2.05) is 0 Å². The molecule has 0 aromatic heterocycles. The normalized spacial score (nSPS) is 26.0. The molecule has 0 aromatic rings. The van der Waals surface area contributed by atoms with Gasteiger partial charge in [0.05, 0.1) is 0 Å². The van der Waals surface area contributed by atoms with Crippen molar-refractivity contribution < 1.29 is 9.53 Å². The van der Waals surface area contributed by atoms with E-state index in [1.165, 1.54) is 6.42 Å². The summed E-state index contributed by atoms with van der Waals surface area (Å²) in [5.41, 5.74) is 0. The highest BCUT2D eigenvalue weighted by Crippen LogP contribution is 2.28. The molecule has 1 aliphatic carbocycles. The second kappa shape index (κ2) is 5.38. The molecule has 0 spiro atoms. The second-order valence-electron chi connectivity index (χ2n) is 4.08. The Hall–Kier alpha value is -0.370. The number of methoxy groups -OCH3 is 1. The van der Waals surface area contributed by atoms with E-state index in [4.69, 9.17) is 4.74 Å². The van der Waals surface area contributed by atoms with Gasteiger partial charge in [-0.25, -0.2) is 0 Å². The van der Waals surface area contributed by atoms with E-state index in [0.717, 1.165) is 32.3 Å². The smallest absolute Gasteiger partial charge is 0.136 e. The van der Waals surface area contributed by atoms with Crippen molar-refractivity contribution in [1.82, 2.24) is 0 Å². The van der Waals surface area contributed by atoms with Gasteiger partial charge < -0.3 is 4.74 Å². The van der Waals surface area contributed by atoms with E-state index in [9.17, 15) is 4.79 Å². The van der Waals surface area contributed by atoms with E-state index in [-0.39, 0.29) is 0 Å². The summed E-state index contributed by atoms with van der Waals surface area (Å²) in [5.74, 6) is 1.31. The number of ether oxygens (including phenoxy) is 1. The van der Waals surface area contributed by atoms with Crippen molar-refractivity contribution in [3.63, 3.8) is 0 Å². The fourth-order valence-electron chi connectivity index (χ4n) is 2.12. The van der Waals surface area contributed by atoms with Crippen LogP contribution in [0.3, 0.4) is 0 Å². The van der Waals surface area contributed by atoms with E-state index in [0.29, 0.717) is 17.6 Å². The van der Waals surface area contributed by atoms with Crippen LogP contribution in [0.2, 0.25) is 0 Å². The number of hydrogen-bond donors (Lipinski definition) is 0. The second-order valence-corrected chi connectivity index (χ2v) is 4.08. The molecule has 13 heavy (non-hydrogen) atoms. The zero-order valence-electron chi connectivity index (χ0n) is 8.71. The summed E-state index contributed by atoms with van der Waals surface area (Å²) in [6.45, 7) is 2.96. The van der Waals surface area contributed by atoms with Crippen LogP contribution < -0.4 is 0 Å². The van der Waals surface area contributed by atoms with Gasteiger partial charge in [-0.05, 0) is 25.2 Å². The van der Waals surface area contributed by atoms with E-state index < -0.39 is 0 Å². The maximum atomic E-state index is 11.6. The molecule has 76 valence electrons. The lowest BCUT2D eigenvalue weighted by Gasteiger charge is -2.26. The molecule has 2 nitrogen and oxygen atoms in total. The largest absolute Gasteiger partial charge is 0.385 e. The van der Waals surface area contributed by atoms with Crippen molar-refractivity contribution in [2.75, 3.05) is 13.7 Å². The van der Waals surface area contributed by atoms with Crippen LogP contribution in [0.4, 0.5) is 0 Å². The van der Waals surface area contributed by atoms with Crippen LogP contribution in [0.25, 0.3) is 0 Å². The predicted octanol–water partition coefficient (Wildman–Crippen LogP) is 2.42. The summed E-state index contributed by atoms with van der Waals surface area (Å²) in [5, 5.41) is 0. The highest BCUT2D eigenvalue weighted by molar-refractivity contribution is 5.81. The number of carbonyl (C=O) groups excluding carboxylic acids is 1. The summed E-state index contributed by atoms with van der Waals surface area (Å²) >= 11 is 0. The number of rotatable bonds is 4. The molecule has 0 radical (unpaired) electrons. The summed E-state index contributed by atoms with van der Waals surface area (Å²) < 4.78 is 5.03. The van der Waals surface area contributed by atoms with Gasteiger partial charge in [-0.3, -0.25) is 4.79 Å². The minimum absolute atomic E-state index is 0.323.